The molecule has 1 aliphatic heterocycles. The Morgan fingerprint density at radius 2 is 2.25 bits per heavy atom. The average Bonchev–Trinajstić information content (AvgIpc) is 2.75. The Morgan fingerprint density at radius 3 is 2.83 bits per heavy atom. The predicted molar refractivity (Wildman–Crippen MR) is 47.4 cm³/mol. The zero-order chi connectivity index (χ0) is 8.77. The molecule has 1 aromatic carbocycles. The molecule has 0 radical (unpaired) electrons. The van der Waals surface area contributed by atoms with E-state index < -0.39 is 0 Å². The molecule has 0 spiro atoms. The Bertz CT molecular complexity index is 320. The van der Waals surface area contributed by atoms with Gasteiger partial charge in [0, 0.05) is 5.56 Å². The summed E-state index contributed by atoms with van der Waals surface area (Å²) in [6.45, 7) is 2.50. The van der Waals surface area contributed by atoms with Crippen molar-refractivity contribution >= 4 is 15.9 Å². The van der Waals surface area contributed by atoms with Crippen molar-refractivity contribution in [2.45, 2.75) is 12.5 Å². The van der Waals surface area contributed by atoms with Crippen molar-refractivity contribution in [2.75, 3.05) is 6.61 Å². The Hall–Kier alpha value is -0.410. The first-order valence-corrected chi connectivity index (χ1v) is 4.51. The molecule has 1 unspecified atom stereocenters. The molecular weight excluding hydrogens is 223 g/mol. The molecule has 0 bridgehead atoms. The van der Waals surface area contributed by atoms with Crippen molar-refractivity contribution in [1.29, 1.82) is 0 Å². The van der Waals surface area contributed by atoms with E-state index in [-0.39, 0.29) is 11.4 Å². The second kappa shape index (κ2) is 2.54. The minimum atomic E-state index is -0.381. The highest BCUT2D eigenvalue weighted by atomic mass is 79.9. The van der Waals surface area contributed by atoms with Crippen LogP contribution in [0.4, 0.5) is 4.39 Å². The maximum Gasteiger partial charge on any atom is 0.143 e. The lowest BCUT2D eigenvalue weighted by Crippen LogP contribution is -2.05. The van der Waals surface area contributed by atoms with Gasteiger partial charge in [0.15, 0.2) is 0 Å². The number of rotatable bonds is 1. The van der Waals surface area contributed by atoms with E-state index in [0.29, 0.717) is 16.6 Å². The van der Waals surface area contributed by atoms with Crippen molar-refractivity contribution in [3.8, 4) is 0 Å². The van der Waals surface area contributed by atoms with Gasteiger partial charge in [-0.25, -0.2) is 4.39 Å². The third-order valence-corrected chi connectivity index (χ3v) is 2.71. The summed E-state index contributed by atoms with van der Waals surface area (Å²) in [7, 11) is 0. The van der Waals surface area contributed by atoms with Crippen LogP contribution in [0.25, 0.3) is 0 Å². The van der Waals surface area contributed by atoms with Gasteiger partial charge < -0.3 is 4.74 Å². The molecule has 0 amide bonds. The van der Waals surface area contributed by atoms with Crippen LogP contribution in [0, 0.1) is 5.82 Å². The van der Waals surface area contributed by atoms with Crippen LogP contribution < -0.4 is 0 Å². The lowest BCUT2D eigenvalue weighted by Gasteiger charge is -2.07. The Morgan fingerprint density at radius 1 is 1.58 bits per heavy atom. The van der Waals surface area contributed by atoms with E-state index >= 15 is 0 Å². The molecule has 0 aliphatic carbocycles. The number of halogens is 2. The molecule has 1 nitrogen and oxygen atoms in total. The fourth-order valence-electron chi connectivity index (χ4n) is 1.18. The minimum absolute atomic E-state index is 0.211. The summed E-state index contributed by atoms with van der Waals surface area (Å²) in [6, 6.07) is 5.26. The monoisotopic (exact) mass is 230 g/mol. The van der Waals surface area contributed by atoms with E-state index in [1.54, 1.807) is 12.1 Å². The van der Waals surface area contributed by atoms with Crippen LogP contribution in [0.1, 0.15) is 12.5 Å². The molecule has 0 saturated carbocycles. The van der Waals surface area contributed by atoms with E-state index in [9.17, 15) is 4.39 Å². The first kappa shape index (κ1) is 8.20. The van der Waals surface area contributed by atoms with Crippen LogP contribution in [0.3, 0.4) is 0 Å². The molecule has 0 N–H and O–H groups in total. The van der Waals surface area contributed by atoms with Gasteiger partial charge in [0.2, 0.25) is 0 Å². The fourth-order valence-corrected chi connectivity index (χ4v) is 1.54. The quantitative estimate of drug-likeness (QED) is 0.677. The van der Waals surface area contributed by atoms with Gasteiger partial charge in [-0.2, -0.15) is 0 Å². The van der Waals surface area contributed by atoms with Crippen LogP contribution in [0.15, 0.2) is 22.7 Å². The lowest BCUT2D eigenvalue weighted by molar-refractivity contribution is 0.321. The van der Waals surface area contributed by atoms with E-state index in [2.05, 4.69) is 15.9 Å². The van der Waals surface area contributed by atoms with Gasteiger partial charge >= 0.3 is 0 Å². The number of hydrogen-bond acceptors (Lipinski definition) is 1. The summed E-state index contributed by atoms with van der Waals surface area (Å²) in [5, 5.41) is 0. The molecule has 3 heteroatoms. The fraction of sp³-hybridized carbons (Fsp3) is 0.333. The van der Waals surface area contributed by atoms with Crippen molar-refractivity contribution in [2.24, 2.45) is 0 Å². The summed E-state index contributed by atoms with van der Waals surface area (Å²) in [5.74, 6) is -0.211. The summed E-state index contributed by atoms with van der Waals surface area (Å²) in [4.78, 5) is 0. The topological polar surface area (TPSA) is 12.5 Å². The van der Waals surface area contributed by atoms with E-state index in [1.165, 1.54) is 0 Å². The van der Waals surface area contributed by atoms with E-state index in [4.69, 9.17) is 4.74 Å². The first-order chi connectivity index (χ1) is 5.63. The van der Waals surface area contributed by atoms with E-state index in [0.717, 1.165) is 0 Å². The molecule has 1 heterocycles. The second-order valence-corrected chi connectivity index (χ2v) is 3.98. The van der Waals surface area contributed by atoms with Gasteiger partial charge in [0.05, 0.1) is 11.1 Å². The highest BCUT2D eigenvalue weighted by Gasteiger charge is 2.43. The summed E-state index contributed by atoms with van der Waals surface area (Å²) in [5.41, 5.74) is 0.255. The Labute approximate surface area is 78.7 Å². The third kappa shape index (κ3) is 1.17. The number of epoxide rings is 1. The van der Waals surface area contributed by atoms with Crippen LogP contribution in [-0.2, 0) is 10.3 Å². The van der Waals surface area contributed by atoms with Crippen molar-refractivity contribution in [3.63, 3.8) is 0 Å². The largest absolute Gasteiger partial charge is 0.365 e. The average molecular weight is 231 g/mol. The van der Waals surface area contributed by atoms with Crippen LogP contribution in [-0.4, -0.2) is 6.61 Å². The maximum atomic E-state index is 13.4. The number of ether oxygens (including phenoxy) is 1. The first-order valence-electron chi connectivity index (χ1n) is 3.72. The molecule has 64 valence electrons. The highest BCUT2D eigenvalue weighted by Crippen LogP contribution is 2.40. The standard InChI is InChI=1S/C9H8BrFO/c1-9(5-12-9)6-3-2-4-7(10)8(6)11/h2-4H,5H2,1H3. The normalized spacial score (nSPS) is 27.2. The maximum absolute atomic E-state index is 13.4. The van der Waals surface area contributed by atoms with Gasteiger partial charge in [-0.3, -0.25) is 0 Å². The summed E-state index contributed by atoms with van der Waals surface area (Å²) < 4.78 is 19.1. The summed E-state index contributed by atoms with van der Waals surface area (Å²) in [6.07, 6.45) is 0. The van der Waals surface area contributed by atoms with Gasteiger partial charge in [-0.05, 0) is 28.9 Å². The molecule has 1 saturated heterocycles. The number of hydrogen-bond donors (Lipinski definition) is 0. The van der Waals surface area contributed by atoms with Gasteiger partial charge in [-0.15, -0.1) is 0 Å². The van der Waals surface area contributed by atoms with Crippen molar-refractivity contribution < 1.29 is 9.13 Å². The molecule has 2 rings (SSSR count). The molecule has 1 aliphatic rings. The molecule has 12 heavy (non-hydrogen) atoms. The SMILES string of the molecule is CC1(c2cccc(Br)c2F)CO1. The predicted octanol–water partition coefficient (Wildman–Crippen LogP) is 2.83. The van der Waals surface area contributed by atoms with Gasteiger partial charge in [0.1, 0.15) is 11.4 Å². The third-order valence-electron chi connectivity index (χ3n) is 2.10. The molecule has 1 atom stereocenters. The van der Waals surface area contributed by atoms with Crippen molar-refractivity contribution in [3.05, 3.63) is 34.1 Å². The molecule has 0 aromatic heterocycles. The molecule has 1 fully saturated rings. The zero-order valence-corrected chi connectivity index (χ0v) is 8.19. The van der Waals surface area contributed by atoms with Gasteiger partial charge in [-0.1, -0.05) is 12.1 Å². The van der Waals surface area contributed by atoms with Crippen LogP contribution in [0.2, 0.25) is 0 Å². The van der Waals surface area contributed by atoms with E-state index in [1.807, 2.05) is 13.0 Å². The zero-order valence-electron chi connectivity index (χ0n) is 6.60. The highest BCUT2D eigenvalue weighted by molar-refractivity contribution is 9.10. The van der Waals surface area contributed by atoms with Crippen molar-refractivity contribution in [1.82, 2.24) is 0 Å². The minimum Gasteiger partial charge on any atom is -0.365 e. The molecule has 1 aromatic rings. The van der Waals surface area contributed by atoms with Gasteiger partial charge in [0.25, 0.3) is 0 Å². The Kier molecular flexibility index (Phi) is 1.73. The number of benzene rings is 1. The lowest BCUT2D eigenvalue weighted by atomic mass is 10.0. The van der Waals surface area contributed by atoms with Crippen LogP contribution >= 0.6 is 15.9 Å². The molecular formula is C9H8BrFO. The summed E-state index contributed by atoms with van der Waals surface area (Å²) >= 11 is 3.14. The Balaban J connectivity index is 2.51. The second-order valence-electron chi connectivity index (χ2n) is 3.12. The van der Waals surface area contributed by atoms with Crippen LogP contribution in [0.5, 0.6) is 0 Å². The smallest absolute Gasteiger partial charge is 0.143 e.